The second-order valence-electron chi connectivity index (χ2n) is 6.59. The van der Waals surface area contributed by atoms with Crippen molar-refractivity contribution in [3.8, 4) is 0 Å². The van der Waals surface area contributed by atoms with Crippen LogP contribution >= 0.6 is 0 Å². The van der Waals surface area contributed by atoms with Crippen molar-refractivity contribution in [2.24, 2.45) is 16.7 Å². The van der Waals surface area contributed by atoms with Crippen molar-refractivity contribution in [2.45, 2.75) is 54.9 Å². The van der Waals surface area contributed by atoms with E-state index < -0.39 is 5.41 Å². The van der Waals surface area contributed by atoms with Gasteiger partial charge in [0, 0.05) is 0 Å². The first kappa shape index (κ1) is 14.5. The van der Waals surface area contributed by atoms with E-state index in [0.29, 0.717) is 12.5 Å². The summed E-state index contributed by atoms with van der Waals surface area (Å²) in [5.41, 5.74) is -0.316. The maximum Gasteiger partial charge on any atom is 0.311 e. The summed E-state index contributed by atoms with van der Waals surface area (Å²) >= 11 is 0. The van der Waals surface area contributed by atoms with Gasteiger partial charge in [0.1, 0.15) is 0 Å². The van der Waals surface area contributed by atoms with Gasteiger partial charge in [-0.2, -0.15) is 0 Å². The van der Waals surface area contributed by atoms with Crippen molar-refractivity contribution in [1.82, 2.24) is 0 Å². The maximum atomic E-state index is 11.6. The van der Waals surface area contributed by atoms with E-state index in [1.54, 1.807) is 0 Å². The zero-order chi connectivity index (χ0) is 12.3. The molecule has 0 aliphatic heterocycles. The Morgan fingerprint density at radius 3 is 1.93 bits per heavy atom. The first-order valence-electron chi connectivity index (χ1n) is 5.72. The molecule has 2 nitrogen and oxygen atoms in total. The second-order valence-corrected chi connectivity index (χ2v) is 6.59. The van der Waals surface area contributed by atoms with Crippen molar-refractivity contribution >= 4 is 5.97 Å². The van der Waals surface area contributed by atoms with Gasteiger partial charge in [0.05, 0.1) is 12.0 Å². The molecule has 90 valence electrons. The Hall–Kier alpha value is -0.530. The molecule has 0 heterocycles. The van der Waals surface area contributed by atoms with Gasteiger partial charge in [-0.3, -0.25) is 4.79 Å². The van der Waals surface area contributed by atoms with Crippen LogP contribution in [0.3, 0.4) is 0 Å². The van der Waals surface area contributed by atoms with E-state index in [2.05, 4.69) is 27.7 Å². The molecule has 0 rings (SSSR count). The first-order valence-corrected chi connectivity index (χ1v) is 5.72. The molecule has 15 heavy (non-hydrogen) atoms. The molecule has 0 aromatic carbocycles. The summed E-state index contributed by atoms with van der Waals surface area (Å²) < 4.78 is 5.33. The first-order chi connectivity index (χ1) is 6.54. The molecular formula is C13H26O2. The summed E-state index contributed by atoms with van der Waals surface area (Å²) in [6.07, 6.45) is 1.07. The Kier molecular flexibility index (Phi) is 4.82. The van der Waals surface area contributed by atoms with Crippen LogP contribution in [0.1, 0.15) is 54.9 Å². The van der Waals surface area contributed by atoms with Crippen molar-refractivity contribution in [1.29, 1.82) is 0 Å². The smallest absolute Gasteiger partial charge is 0.311 e. The normalized spacial score (nSPS) is 13.1. The number of rotatable bonds is 4. The quantitative estimate of drug-likeness (QED) is 0.668. The van der Waals surface area contributed by atoms with Crippen LogP contribution in [0.4, 0.5) is 0 Å². The molecule has 2 heteroatoms. The van der Waals surface area contributed by atoms with Gasteiger partial charge in [0.25, 0.3) is 0 Å². The van der Waals surface area contributed by atoms with Crippen molar-refractivity contribution in [3.05, 3.63) is 0 Å². The van der Waals surface area contributed by atoms with Crippen LogP contribution < -0.4 is 0 Å². The standard InChI is InChI=1S/C13H26O2/c1-10(2)8-13(6,7)9-15-11(14)12(3,4)5/h10H,8-9H2,1-7H3. The van der Waals surface area contributed by atoms with Gasteiger partial charge < -0.3 is 4.74 Å². The lowest BCUT2D eigenvalue weighted by Crippen LogP contribution is -2.29. The van der Waals surface area contributed by atoms with E-state index in [-0.39, 0.29) is 11.4 Å². The number of hydrogen-bond donors (Lipinski definition) is 0. The van der Waals surface area contributed by atoms with Gasteiger partial charge in [-0.25, -0.2) is 0 Å². The molecule has 0 aliphatic carbocycles. The predicted molar refractivity (Wildman–Crippen MR) is 63.7 cm³/mol. The van der Waals surface area contributed by atoms with Gasteiger partial charge in [-0.05, 0) is 38.5 Å². The average molecular weight is 214 g/mol. The van der Waals surface area contributed by atoms with Crippen LogP contribution in [0, 0.1) is 16.7 Å². The van der Waals surface area contributed by atoms with Crippen LogP contribution in [0.2, 0.25) is 0 Å². The van der Waals surface area contributed by atoms with Crippen LogP contribution in [0.15, 0.2) is 0 Å². The summed E-state index contributed by atoms with van der Waals surface area (Å²) in [7, 11) is 0. The molecule has 0 N–H and O–H groups in total. The third kappa shape index (κ3) is 6.53. The fourth-order valence-electron chi connectivity index (χ4n) is 1.64. The fraction of sp³-hybridized carbons (Fsp3) is 0.923. The highest BCUT2D eigenvalue weighted by Gasteiger charge is 2.27. The van der Waals surface area contributed by atoms with E-state index in [0.717, 1.165) is 6.42 Å². The van der Waals surface area contributed by atoms with Crippen LogP contribution in [0.5, 0.6) is 0 Å². The molecule has 0 spiro atoms. The molecule has 0 atom stereocenters. The van der Waals surface area contributed by atoms with Gasteiger partial charge in [0.15, 0.2) is 0 Å². The molecule has 0 radical (unpaired) electrons. The number of hydrogen-bond acceptors (Lipinski definition) is 2. The Bertz CT molecular complexity index is 209. The minimum absolute atomic E-state index is 0.0784. The highest BCUT2D eigenvalue weighted by atomic mass is 16.5. The molecular weight excluding hydrogens is 188 g/mol. The molecule has 0 saturated heterocycles. The lowest BCUT2D eigenvalue weighted by Gasteiger charge is -2.28. The summed E-state index contributed by atoms with van der Waals surface area (Å²) in [4.78, 5) is 11.6. The number of carbonyl (C=O) groups is 1. The minimum Gasteiger partial charge on any atom is -0.465 e. The molecule has 0 aromatic rings. The third-order valence-corrected chi connectivity index (χ3v) is 2.17. The van der Waals surface area contributed by atoms with Gasteiger partial charge >= 0.3 is 5.97 Å². The topological polar surface area (TPSA) is 26.3 Å². The van der Waals surface area contributed by atoms with Gasteiger partial charge in [0.2, 0.25) is 0 Å². The zero-order valence-corrected chi connectivity index (χ0v) is 11.3. The Labute approximate surface area is 94.4 Å². The summed E-state index contributed by atoms with van der Waals surface area (Å²) in [5, 5.41) is 0. The second kappa shape index (κ2) is 5.00. The lowest BCUT2D eigenvalue weighted by molar-refractivity contribution is -0.156. The van der Waals surface area contributed by atoms with Crippen molar-refractivity contribution in [2.75, 3.05) is 6.61 Å². The largest absolute Gasteiger partial charge is 0.465 e. The van der Waals surface area contributed by atoms with Gasteiger partial charge in [-0.1, -0.05) is 27.7 Å². The SMILES string of the molecule is CC(C)CC(C)(C)COC(=O)C(C)(C)C. The average Bonchev–Trinajstić information content (AvgIpc) is 1.95. The Morgan fingerprint density at radius 2 is 1.60 bits per heavy atom. The van der Waals surface area contributed by atoms with Crippen molar-refractivity contribution in [3.63, 3.8) is 0 Å². The van der Waals surface area contributed by atoms with Crippen LogP contribution in [-0.2, 0) is 9.53 Å². The molecule has 0 unspecified atom stereocenters. The minimum atomic E-state index is -0.395. The molecule has 0 aliphatic rings. The number of carbonyl (C=O) groups excluding carboxylic acids is 1. The zero-order valence-electron chi connectivity index (χ0n) is 11.3. The molecule has 0 amide bonds. The Morgan fingerprint density at radius 1 is 1.13 bits per heavy atom. The summed E-state index contributed by atoms with van der Waals surface area (Å²) in [5.74, 6) is 0.521. The van der Waals surface area contributed by atoms with E-state index in [1.807, 2.05) is 20.8 Å². The molecule has 0 saturated carbocycles. The van der Waals surface area contributed by atoms with Crippen LogP contribution in [-0.4, -0.2) is 12.6 Å². The van der Waals surface area contributed by atoms with E-state index in [4.69, 9.17) is 4.74 Å². The molecule has 0 fully saturated rings. The maximum absolute atomic E-state index is 11.6. The lowest BCUT2D eigenvalue weighted by atomic mass is 9.85. The monoisotopic (exact) mass is 214 g/mol. The summed E-state index contributed by atoms with van der Waals surface area (Å²) in [6, 6.07) is 0. The van der Waals surface area contributed by atoms with E-state index >= 15 is 0 Å². The number of esters is 1. The third-order valence-electron chi connectivity index (χ3n) is 2.17. The van der Waals surface area contributed by atoms with Crippen molar-refractivity contribution < 1.29 is 9.53 Å². The predicted octanol–water partition coefficient (Wildman–Crippen LogP) is 3.65. The van der Waals surface area contributed by atoms with Crippen LogP contribution in [0.25, 0.3) is 0 Å². The highest BCUT2D eigenvalue weighted by molar-refractivity contribution is 5.75. The molecule has 0 bridgehead atoms. The number of ether oxygens (including phenoxy) is 1. The Balaban J connectivity index is 4.10. The molecule has 0 aromatic heterocycles. The highest BCUT2D eigenvalue weighted by Crippen LogP contribution is 2.26. The van der Waals surface area contributed by atoms with Gasteiger partial charge in [-0.15, -0.1) is 0 Å². The van der Waals surface area contributed by atoms with E-state index in [1.165, 1.54) is 0 Å². The van der Waals surface area contributed by atoms with E-state index in [9.17, 15) is 4.79 Å². The fourth-order valence-corrected chi connectivity index (χ4v) is 1.64. The summed E-state index contributed by atoms with van der Waals surface area (Å²) in [6.45, 7) is 14.8.